The number of anilines is 2. The number of halogens is 2. The van der Waals surface area contributed by atoms with Gasteiger partial charge in [0.2, 0.25) is 0 Å². The number of benzene rings is 2. The number of aryl methyl sites for hydroxylation is 2. The van der Waals surface area contributed by atoms with E-state index in [9.17, 15) is 0 Å². The Bertz CT molecular complexity index is 750. The highest BCUT2D eigenvalue weighted by Crippen LogP contribution is 2.37. The van der Waals surface area contributed by atoms with Gasteiger partial charge in [0.15, 0.2) is 0 Å². The second-order valence-corrected chi connectivity index (χ2v) is 6.26. The van der Waals surface area contributed by atoms with Crippen LogP contribution >= 0.6 is 24.0 Å². The normalized spacial score (nSPS) is 15.6. The molecule has 1 aliphatic heterocycles. The lowest BCUT2D eigenvalue weighted by molar-refractivity contribution is 0.402. The Morgan fingerprint density at radius 1 is 1.13 bits per heavy atom. The monoisotopic (exact) mass is 354 g/mol. The van der Waals surface area contributed by atoms with Gasteiger partial charge in [0.1, 0.15) is 0 Å². The maximum absolute atomic E-state index is 7.49. The SMILES string of the molecule is Cl.[2H][13C]([2H])([2H])N(C)CCCN1c2ccccc2CCc2ccc(Cl)cc21. The van der Waals surface area contributed by atoms with E-state index in [2.05, 4.69) is 35.2 Å². The number of fused-ring (bicyclic) bond motifs is 2. The van der Waals surface area contributed by atoms with E-state index >= 15 is 0 Å². The summed E-state index contributed by atoms with van der Waals surface area (Å²) in [5.74, 6) is 0. The first-order valence-electron chi connectivity index (χ1n) is 9.21. The summed E-state index contributed by atoms with van der Waals surface area (Å²) in [6.45, 7) is -0.770. The third-order valence-electron chi connectivity index (χ3n) is 4.16. The summed E-state index contributed by atoms with van der Waals surface area (Å²) >= 11 is 6.26. The van der Waals surface area contributed by atoms with Gasteiger partial charge in [-0.05, 0) is 69.2 Å². The molecule has 2 aromatic carbocycles. The summed E-state index contributed by atoms with van der Waals surface area (Å²) in [4.78, 5) is 3.71. The molecule has 124 valence electrons. The topological polar surface area (TPSA) is 6.48 Å². The molecule has 0 amide bonds. The maximum atomic E-state index is 7.49. The number of rotatable bonds is 4. The second-order valence-electron chi connectivity index (χ2n) is 5.83. The number of hydrogen-bond donors (Lipinski definition) is 0. The van der Waals surface area contributed by atoms with E-state index in [1.807, 2.05) is 12.1 Å². The van der Waals surface area contributed by atoms with Crippen LogP contribution in [-0.2, 0) is 12.8 Å². The van der Waals surface area contributed by atoms with Crippen LogP contribution in [0.15, 0.2) is 42.5 Å². The van der Waals surface area contributed by atoms with E-state index < -0.39 is 6.98 Å². The lowest BCUT2D eigenvalue weighted by Gasteiger charge is -2.27. The number of para-hydroxylation sites is 1. The van der Waals surface area contributed by atoms with Crippen molar-refractivity contribution in [3.8, 4) is 0 Å². The molecular formula is C19H24Cl2N2. The van der Waals surface area contributed by atoms with Crippen molar-refractivity contribution < 1.29 is 4.11 Å². The van der Waals surface area contributed by atoms with Crippen molar-refractivity contribution in [2.45, 2.75) is 19.3 Å². The molecule has 0 aliphatic carbocycles. The molecule has 23 heavy (non-hydrogen) atoms. The Balaban J connectivity index is 0.00000243. The molecule has 0 fully saturated rings. The predicted octanol–water partition coefficient (Wildman–Crippen LogP) is 4.95. The molecule has 1 aliphatic rings. The van der Waals surface area contributed by atoms with Crippen LogP contribution in [0.2, 0.25) is 5.02 Å². The van der Waals surface area contributed by atoms with Crippen molar-refractivity contribution in [2.24, 2.45) is 0 Å². The highest BCUT2D eigenvalue weighted by atomic mass is 35.5. The van der Waals surface area contributed by atoms with Crippen molar-refractivity contribution in [3.63, 3.8) is 0 Å². The van der Waals surface area contributed by atoms with E-state index in [1.54, 1.807) is 7.05 Å². The highest BCUT2D eigenvalue weighted by molar-refractivity contribution is 6.30. The van der Waals surface area contributed by atoms with Gasteiger partial charge in [0.05, 0.1) is 0 Å². The Kier molecular flexibility index (Phi) is 4.95. The van der Waals surface area contributed by atoms with Crippen LogP contribution in [0.4, 0.5) is 11.4 Å². The molecule has 0 radical (unpaired) electrons. The molecule has 0 bridgehead atoms. The molecule has 0 saturated heterocycles. The summed E-state index contributed by atoms with van der Waals surface area (Å²) < 4.78 is 22.5. The fourth-order valence-corrected chi connectivity index (χ4v) is 3.26. The molecular weight excluding hydrogens is 328 g/mol. The van der Waals surface area contributed by atoms with Crippen LogP contribution in [0.5, 0.6) is 0 Å². The lowest BCUT2D eigenvalue weighted by Crippen LogP contribution is -2.24. The van der Waals surface area contributed by atoms with Crippen molar-refractivity contribution in [3.05, 3.63) is 58.6 Å². The minimum absolute atomic E-state index is 0. The standard InChI is InChI=1S/C19H23ClN2.ClH/c1-21(2)12-5-13-22-18-7-4-3-6-15(18)8-9-16-10-11-17(20)14-19(16)22;/h3-4,6-7,10-11,14H,5,8-9,12-13H2,1-2H3;1H/i1+1D3;. The Morgan fingerprint density at radius 3 is 2.65 bits per heavy atom. The minimum Gasteiger partial charge on any atom is -0.341 e. The van der Waals surface area contributed by atoms with Crippen LogP contribution in [0, 0.1) is 0 Å². The van der Waals surface area contributed by atoms with Crippen LogP contribution < -0.4 is 4.90 Å². The number of nitrogens with zero attached hydrogens (tertiary/aromatic N) is 2. The fourth-order valence-electron chi connectivity index (χ4n) is 3.09. The summed E-state index contributed by atoms with van der Waals surface area (Å²) in [6.07, 6.45) is 2.74. The van der Waals surface area contributed by atoms with Crippen molar-refractivity contribution in [2.75, 3.05) is 32.0 Å². The van der Waals surface area contributed by atoms with Crippen LogP contribution in [0.3, 0.4) is 0 Å². The molecule has 0 N–H and O–H groups in total. The van der Waals surface area contributed by atoms with E-state index in [-0.39, 0.29) is 12.4 Å². The molecule has 0 saturated carbocycles. The highest BCUT2D eigenvalue weighted by Gasteiger charge is 2.20. The van der Waals surface area contributed by atoms with Gasteiger partial charge < -0.3 is 9.80 Å². The predicted molar refractivity (Wildman–Crippen MR) is 103 cm³/mol. The molecule has 4 heteroatoms. The van der Waals surface area contributed by atoms with Crippen molar-refractivity contribution >= 4 is 35.4 Å². The van der Waals surface area contributed by atoms with Gasteiger partial charge in [-0.1, -0.05) is 35.9 Å². The van der Waals surface area contributed by atoms with Gasteiger partial charge in [-0.15, -0.1) is 12.4 Å². The van der Waals surface area contributed by atoms with Gasteiger partial charge >= 0.3 is 0 Å². The van der Waals surface area contributed by atoms with Crippen LogP contribution in [-0.4, -0.2) is 32.0 Å². The van der Waals surface area contributed by atoms with Crippen LogP contribution in [0.1, 0.15) is 21.7 Å². The van der Waals surface area contributed by atoms with E-state index in [0.717, 1.165) is 36.5 Å². The average Bonchev–Trinajstić information content (AvgIpc) is 2.71. The second kappa shape index (κ2) is 8.05. The molecule has 2 nitrogen and oxygen atoms in total. The summed E-state index contributed by atoms with van der Waals surface area (Å²) in [5.41, 5.74) is 4.93. The number of hydrogen-bond acceptors (Lipinski definition) is 2. The molecule has 1 heterocycles. The van der Waals surface area contributed by atoms with Gasteiger partial charge in [0, 0.05) is 27.1 Å². The zero-order chi connectivity index (χ0) is 18.0. The molecule has 3 rings (SSSR count). The van der Waals surface area contributed by atoms with Gasteiger partial charge in [-0.25, -0.2) is 0 Å². The molecule has 0 spiro atoms. The van der Waals surface area contributed by atoms with Crippen LogP contribution in [0.25, 0.3) is 0 Å². The van der Waals surface area contributed by atoms with E-state index in [0.29, 0.717) is 6.54 Å². The minimum atomic E-state index is -2.04. The zero-order valence-corrected chi connectivity index (χ0v) is 14.8. The third-order valence-corrected chi connectivity index (χ3v) is 4.39. The molecule has 0 unspecified atom stereocenters. The van der Waals surface area contributed by atoms with Gasteiger partial charge in [-0.3, -0.25) is 0 Å². The summed E-state index contributed by atoms with van der Waals surface area (Å²) in [5, 5.41) is 0.725. The lowest BCUT2D eigenvalue weighted by atomic mass is 10.0. The quantitative estimate of drug-likeness (QED) is 0.716. The smallest absolute Gasteiger partial charge is 0.0458 e. The van der Waals surface area contributed by atoms with E-state index in [1.165, 1.54) is 21.7 Å². The average molecular weight is 355 g/mol. The Morgan fingerprint density at radius 2 is 1.87 bits per heavy atom. The largest absolute Gasteiger partial charge is 0.341 e. The Hall–Kier alpha value is -1.22. The maximum Gasteiger partial charge on any atom is 0.0458 e. The first-order valence-corrected chi connectivity index (χ1v) is 8.09. The van der Waals surface area contributed by atoms with Gasteiger partial charge in [0.25, 0.3) is 0 Å². The first kappa shape index (κ1) is 14.2. The summed E-state index contributed by atoms with van der Waals surface area (Å²) in [6, 6.07) is 14.5. The fraction of sp³-hybridized carbons (Fsp3) is 0.368. The van der Waals surface area contributed by atoms with Gasteiger partial charge in [-0.2, -0.15) is 0 Å². The van der Waals surface area contributed by atoms with Crippen molar-refractivity contribution in [1.82, 2.24) is 4.90 Å². The molecule has 2 aromatic rings. The van der Waals surface area contributed by atoms with E-state index in [4.69, 9.17) is 15.7 Å². The Labute approximate surface area is 154 Å². The molecule has 0 aromatic heterocycles. The molecule has 0 atom stereocenters. The summed E-state index contributed by atoms with van der Waals surface area (Å²) in [7, 11) is 1.65. The third kappa shape index (κ3) is 4.20. The first-order chi connectivity index (χ1) is 11.9. The zero-order valence-electron chi connectivity index (χ0n) is 16.3. The van der Waals surface area contributed by atoms with Crippen molar-refractivity contribution in [1.29, 1.82) is 0 Å².